The number of rotatable bonds is 1. The van der Waals surface area contributed by atoms with Crippen molar-refractivity contribution < 1.29 is 28.6 Å². The van der Waals surface area contributed by atoms with Crippen LogP contribution in [0.15, 0.2) is 12.1 Å². The van der Waals surface area contributed by atoms with Gasteiger partial charge in [0.15, 0.2) is 23.4 Å². The summed E-state index contributed by atoms with van der Waals surface area (Å²) < 4.78 is 29.2. The Bertz CT molecular complexity index is 789. The van der Waals surface area contributed by atoms with E-state index >= 15 is 0 Å². The van der Waals surface area contributed by atoms with E-state index in [1.807, 2.05) is 12.1 Å². The molecule has 4 atom stereocenters. The van der Waals surface area contributed by atoms with Crippen LogP contribution in [0, 0.1) is 16.0 Å². The highest BCUT2D eigenvalue weighted by atomic mass is 16.7. The molecule has 0 N–H and O–H groups in total. The van der Waals surface area contributed by atoms with Gasteiger partial charge < -0.3 is 23.7 Å². The van der Waals surface area contributed by atoms with Crippen LogP contribution < -0.4 is 9.47 Å². The van der Waals surface area contributed by atoms with E-state index < -0.39 is 23.5 Å². The van der Waals surface area contributed by atoms with Gasteiger partial charge in [0.2, 0.25) is 12.8 Å². The maximum Gasteiger partial charge on any atom is 0.248 e. The van der Waals surface area contributed by atoms with Gasteiger partial charge in [-0.15, -0.1) is 0 Å². The molecule has 1 saturated carbocycles. The third-order valence-electron chi connectivity index (χ3n) is 6.39. The number of ether oxygens (including phenoxy) is 5. The average Bonchev–Trinajstić information content (AvgIpc) is 3.33. The Kier molecular flexibility index (Phi) is 2.53. The fourth-order valence-electron chi connectivity index (χ4n) is 5.48. The molecule has 8 nitrogen and oxygen atoms in total. The average molecular weight is 347 g/mol. The first-order chi connectivity index (χ1) is 12.1. The smallest absolute Gasteiger partial charge is 0.248 e. The molecule has 3 fully saturated rings. The molecule has 6 rings (SSSR count). The maximum atomic E-state index is 11.8. The van der Waals surface area contributed by atoms with Crippen LogP contribution in [-0.2, 0) is 19.8 Å². The molecule has 2 bridgehead atoms. The van der Waals surface area contributed by atoms with Crippen LogP contribution in [0.2, 0.25) is 0 Å². The summed E-state index contributed by atoms with van der Waals surface area (Å²) in [6.07, 6.45) is 1.24. The zero-order chi connectivity index (χ0) is 16.8. The summed E-state index contributed by atoms with van der Waals surface area (Å²) in [4.78, 5) is 11.6. The van der Waals surface area contributed by atoms with Gasteiger partial charge in [0.1, 0.15) is 5.60 Å². The first kappa shape index (κ1) is 14.3. The summed E-state index contributed by atoms with van der Waals surface area (Å²) in [5.41, 5.74) is 1.07. The Hall–Kier alpha value is -1.90. The van der Waals surface area contributed by atoms with Crippen molar-refractivity contribution in [3.05, 3.63) is 33.4 Å². The van der Waals surface area contributed by atoms with Gasteiger partial charge in [-0.25, -0.2) is 0 Å². The van der Waals surface area contributed by atoms with Crippen LogP contribution in [0.4, 0.5) is 0 Å². The largest absolute Gasteiger partial charge is 0.454 e. The van der Waals surface area contributed by atoms with E-state index in [-0.39, 0.29) is 17.6 Å². The fraction of sp³-hybridized carbons (Fsp3) is 0.647. The molecule has 1 aromatic carbocycles. The molecule has 0 aromatic heterocycles. The highest BCUT2D eigenvalue weighted by molar-refractivity contribution is 5.55. The molecule has 0 amide bonds. The van der Waals surface area contributed by atoms with Crippen molar-refractivity contribution in [2.24, 2.45) is 5.92 Å². The first-order valence-corrected chi connectivity index (χ1v) is 8.65. The molecule has 1 aliphatic carbocycles. The number of nitrogens with zero attached hydrogens (tertiary/aromatic N) is 1. The van der Waals surface area contributed by atoms with E-state index in [1.165, 1.54) is 0 Å². The third-order valence-corrected chi connectivity index (χ3v) is 6.39. The SMILES string of the molecule is O=[N+]([O-])[C@@H]1[C@H]2O[C@]3(CC4(CC[C@@H]13)OCCO4)c1cc3c(cc12)OCO3. The highest BCUT2D eigenvalue weighted by Crippen LogP contribution is 2.67. The van der Waals surface area contributed by atoms with E-state index in [0.717, 1.165) is 11.1 Å². The molecule has 4 heterocycles. The van der Waals surface area contributed by atoms with Crippen molar-refractivity contribution in [1.29, 1.82) is 0 Å². The van der Waals surface area contributed by atoms with Crippen molar-refractivity contribution in [1.82, 2.24) is 0 Å². The van der Waals surface area contributed by atoms with Crippen molar-refractivity contribution in [2.45, 2.75) is 42.8 Å². The van der Waals surface area contributed by atoms with E-state index in [1.54, 1.807) is 0 Å². The summed E-state index contributed by atoms with van der Waals surface area (Å²) in [6.45, 7) is 1.28. The summed E-state index contributed by atoms with van der Waals surface area (Å²) in [7, 11) is 0. The number of hydrogen-bond acceptors (Lipinski definition) is 7. The summed E-state index contributed by atoms with van der Waals surface area (Å²) in [5, 5.41) is 11.8. The van der Waals surface area contributed by atoms with Gasteiger partial charge in [0.25, 0.3) is 0 Å². The molecule has 8 heteroatoms. The lowest BCUT2D eigenvalue weighted by Crippen LogP contribution is -2.52. The molecule has 132 valence electrons. The Morgan fingerprint density at radius 3 is 2.68 bits per heavy atom. The highest BCUT2D eigenvalue weighted by Gasteiger charge is 2.71. The second-order valence-corrected chi connectivity index (χ2v) is 7.43. The van der Waals surface area contributed by atoms with Crippen LogP contribution >= 0.6 is 0 Å². The first-order valence-electron chi connectivity index (χ1n) is 8.65. The van der Waals surface area contributed by atoms with Gasteiger partial charge in [-0.2, -0.15) is 0 Å². The van der Waals surface area contributed by atoms with Gasteiger partial charge in [-0.1, -0.05) is 0 Å². The molecule has 25 heavy (non-hydrogen) atoms. The number of nitro groups is 1. The molecule has 4 aliphatic heterocycles. The fourth-order valence-corrected chi connectivity index (χ4v) is 5.48. The molecular formula is C17H17NO7. The second-order valence-electron chi connectivity index (χ2n) is 7.43. The summed E-state index contributed by atoms with van der Waals surface area (Å²) >= 11 is 0. The molecule has 0 radical (unpaired) electrons. The Balaban J connectivity index is 1.53. The predicted octanol–water partition coefficient (Wildman–Crippen LogP) is 1.88. The normalized spacial score (nSPS) is 38.8. The van der Waals surface area contributed by atoms with E-state index in [4.69, 9.17) is 23.7 Å². The van der Waals surface area contributed by atoms with E-state index in [2.05, 4.69) is 0 Å². The standard InChI is InChI=1S/C17H17NO7/c19-18(20)14-10-1-2-16(23-3-4-24-16)7-17(10)11-6-13-12(21-8-22-13)5-9(11)15(14)25-17/h5-6,10,14-15H,1-4,7-8H2/t10-,14-,15-,17-/m0/s1. The van der Waals surface area contributed by atoms with Crippen LogP contribution in [0.1, 0.15) is 36.5 Å². The molecule has 2 spiro atoms. The lowest BCUT2D eigenvalue weighted by atomic mass is 9.63. The Labute approximate surface area is 143 Å². The van der Waals surface area contributed by atoms with Crippen LogP contribution in [0.3, 0.4) is 0 Å². The number of fused-ring (bicyclic) bond motifs is 4. The van der Waals surface area contributed by atoms with E-state index in [9.17, 15) is 10.1 Å². The predicted molar refractivity (Wildman–Crippen MR) is 80.8 cm³/mol. The van der Waals surface area contributed by atoms with Crippen molar-refractivity contribution in [2.75, 3.05) is 20.0 Å². The van der Waals surface area contributed by atoms with Crippen molar-refractivity contribution in [3.63, 3.8) is 0 Å². The zero-order valence-electron chi connectivity index (χ0n) is 13.4. The van der Waals surface area contributed by atoms with Crippen molar-refractivity contribution >= 4 is 0 Å². The van der Waals surface area contributed by atoms with Gasteiger partial charge in [-0.05, 0) is 29.7 Å². The topological polar surface area (TPSA) is 89.3 Å². The van der Waals surface area contributed by atoms with Crippen molar-refractivity contribution in [3.8, 4) is 11.5 Å². The molecule has 2 saturated heterocycles. The van der Waals surface area contributed by atoms with Gasteiger partial charge in [-0.3, -0.25) is 10.1 Å². The maximum absolute atomic E-state index is 11.8. The minimum Gasteiger partial charge on any atom is -0.454 e. The third kappa shape index (κ3) is 1.63. The van der Waals surface area contributed by atoms with Gasteiger partial charge in [0.05, 0.1) is 19.1 Å². The second kappa shape index (κ2) is 4.44. The monoisotopic (exact) mass is 347 g/mol. The summed E-state index contributed by atoms with van der Waals surface area (Å²) in [6, 6.07) is 3.04. The Morgan fingerprint density at radius 1 is 1.16 bits per heavy atom. The summed E-state index contributed by atoms with van der Waals surface area (Å²) in [5.74, 6) is 0.432. The van der Waals surface area contributed by atoms with E-state index in [0.29, 0.717) is 44.0 Å². The quantitative estimate of drug-likeness (QED) is 0.566. The number of benzene rings is 1. The minimum absolute atomic E-state index is 0.176. The van der Waals surface area contributed by atoms with Gasteiger partial charge in [0, 0.05) is 17.8 Å². The molecule has 5 aliphatic rings. The minimum atomic E-state index is -0.749. The van der Waals surface area contributed by atoms with Crippen LogP contribution in [-0.4, -0.2) is 36.8 Å². The number of hydrogen-bond donors (Lipinski definition) is 0. The lowest BCUT2D eigenvalue weighted by Gasteiger charge is -2.45. The Morgan fingerprint density at radius 2 is 1.92 bits per heavy atom. The van der Waals surface area contributed by atoms with Gasteiger partial charge >= 0.3 is 0 Å². The molecule has 0 unspecified atom stereocenters. The molecular weight excluding hydrogens is 330 g/mol. The van der Waals surface area contributed by atoms with Crippen LogP contribution in [0.25, 0.3) is 0 Å². The lowest BCUT2D eigenvalue weighted by molar-refractivity contribution is -0.537. The zero-order valence-corrected chi connectivity index (χ0v) is 13.4. The van der Waals surface area contributed by atoms with Crippen LogP contribution in [0.5, 0.6) is 11.5 Å². The molecule has 1 aromatic rings.